The Morgan fingerprint density at radius 2 is 1.78 bits per heavy atom. The van der Waals surface area contributed by atoms with Crippen molar-refractivity contribution in [1.82, 2.24) is 30.8 Å². The number of fused-ring (bicyclic) bond motifs is 1. The molecule has 0 bridgehead atoms. The molecule has 5 atom stereocenters. The molecular weight excluding hydrogens is 678 g/mol. The third kappa shape index (κ3) is 7.80. The van der Waals surface area contributed by atoms with Crippen molar-refractivity contribution in [1.29, 1.82) is 0 Å². The van der Waals surface area contributed by atoms with Crippen molar-refractivity contribution in [2.45, 2.75) is 115 Å². The zero-order valence-corrected chi connectivity index (χ0v) is 30.6. The number of rotatable bonds is 9. The summed E-state index contributed by atoms with van der Waals surface area (Å²) in [7, 11) is -2.92. The molecule has 5 aliphatic rings. The predicted molar refractivity (Wildman–Crippen MR) is 187 cm³/mol. The summed E-state index contributed by atoms with van der Waals surface area (Å²) in [5.74, 6) is -2.53. The van der Waals surface area contributed by atoms with Gasteiger partial charge in [0.1, 0.15) is 29.5 Å². The van der Waals surface area contributed by atoms with Gasteiger partial charge in [-0.25, -0.2) is 14.0 Å². The molecule has 2 saturated heterocycles. The van der Waals surface area contributed by atoms with Gasteiger partial charge in [0.05, 0.1) is 13.1 Å². The van der Waals surface area contributed by atoms with Gasteiger partial charge in [0.25, 0.3) is 5.91 Å². The average molecular weight is 729 g/mol. The lowest BCUT2D eigenvalue weighted by Gasteiger charge is -2.36. The van der Waals surface area contributed by atoms with E-state index in [1.807, 2.05) is 0 Å². The number of likely N-dealkylation sites (tertiary alicyclic amines) is 1. The van der Waals surface area contributed by atoms with Gasteiger partial charge in [-0.2, -0.15) is 0 Å². The van der Waals surface area contributed by atoms with Gasteiger partial charge in [-0.1, -0.05) is 51.8 Å². The fourth-order valence-corrected chi connectivity index (χ4v) is 10.4. The molecule has 6 amide bonds. The van der Waals surface area contributed by atoms with Crippen LogP contribution in [-0.2, 0) is 36.8 Å². The van der Waals surface area contributed by atoms with Crippen molar-refractivity contribution in [2.24, 2.45) is 11.3 Å². The molecule has 6 rings (SSSR count). The lowest BCUT2D eigenvalue weighted by Crippen LogP contribution is -2.61. The Bertz CT molecular complexity index is 1630. The lowest BCUT2D eigenvalue weighted by atomic mass is 9.85. The van der Waals surface area contributed by atoms with Crippen LogP contribution in [0.15, 0.2) is 30.9 Å². The summed E-state index contributed by atoms with van der Waals surface area (Å²) < 4.78 is 33.5. The second kappa shape index (κ2) is 14.2. The van der Waals surface area contributed by atoms with Gasteiger partial charge in [-0.3, -0.25) is 19.3 Å². The minimum atomic E-state index is -2.92. The van der Waals surface area contributed by atoms with Crippen LogP contribution >= 0.6 is 7.29 Å². The molecule has 278 valence electrons. The first-order chi connectivity index (χ1) is 24.1. The summed E-state index contributed by atoms with van der Waals surface area (Å²) in [5, 5.41) is 11.4. The number of urea groups is 1. The Hall–Kier alpha value is -3.93. The van der Waals surface area contributed by atoms with Gasteiger partial charge >= 0.3 is 12.1 Å². The van der Waals surface area contributed by atoms with Crippen LogP contribution in [0.25, 0.3) is 0 Å². The Balaban J connectivity index is 1.21. The van der Waals surface area contributed by atoms with Crippen molar-refractivity contribution < 1.29 is 37.7 Å². The van der Waals surface area contributed by atoms with Crippen molar-refractivity contribution in [3.63, 3.8) is 0 Å². The predicted octanol–water partition coefficient (Wildman–Crippen LogP) is 4.15. The van der Waals surface area contributed by atoms with Crippen LogP contribution in [-0.4, -0.2) is 88.3 Å². The van der Waals surface area contributed by atoms with Gasteiger partial charge in [-0.05, 0) is 49.1 Å². The molecule has 1 aromatic carbocycles. The van der Waals surface area contributed by atoms with E-state index in [0.29, 0.717) is 23.5 Å². The number of carbonyl (C=O) groups excluding carboxylic acids is 5. The van der Waals surface area contributed by atoms with Crippen LogP contribution in [0, 0.1) is 17.2 Å². The smallest absolute Gasteiger partial charge is 0.410 e. The fraction of sp³-hybridized carbons (Fsp3) is 0.639. The molecule has 0 aromatic heterocycles. The van der Waals surface area contributed by atoms with Crippen LogP contribution in [0.4, 0.5) is 14.0 Å². The Morgan fingerprint density at radius 1 is 1.08 bits per heavy atom. The van der Waals surface area contributed by atoms with Crippen LogP contribution in [0.3, 0.4) is 0 Å². The fourth-order valence-electron chi connectivity index (χ4n) is 7.92. The summed E-state index contributed by atoms with van der Waals surface area (Å²) in [4.78, 5) is 71.4. The van der Waals surface area contributed by atoms with Gasteiger partial charge in [0, 0.05) is 42.8 Å². The summed E-state index contributed by atoms with van der Waals surface area (Å²) in [6.45, 7) is 9.27. The molecule has 4 N–H and O–H groups in total. The third-order valence-electron chi connectivity index (χ3n) is 11.0. The molecule has 0 spiro atoms. The highest BCUT2D eigenvalue weighted by molar-refractivity contribution is 7.62. The van der Waals surface area contributed by atoms with Crippen molar-refractivity contribution in [3.8, 4) is 0 Å². The molecule has 2 aliphatic carbocycles. The molecular formula is C36H50FN6O7P. The van der Waals surface area contributed by atoms with E-state index in [-0.39, 0.29) is 38.5 Å². The van der Waals surface area contributed by atoms with E-state index in [1.54, 1.807) is 39.0 Å². The first kappa shape index (κ1) is 36.8. The second-order valence-corrected chi connectivity index (χ2v) is 18.8. The molecule has 2 saturated carbocycles. The molecule has 13 nitrogen and oxygen atoms in total. The van der Waals surface area contributed by atoms with Crippen LogP contribution in [0.5, 0.6) is 0 Å². The number of nitrogens with one attached hydrogen (secondary N) is 4. The monoisotopic (exact) mass is 728 g/mol. The van der Waals surface area contributed by atoms with E-state index in [9.17, 15) is 32.9 Å². The number of carbonyl (C=O) groups is 5. The molecule has 3 heterocycles. The molecule has 2 unspecified atom stereocenters. The zero-order valence-electron chi connectivity index (χ0n) is 29.7. The number of amides is 6. The van der Waals surface area contributed by atoms with Gasteiger partial charge in [0.2, 0.25) is 11.8 Å². The molecule has 51 heavy (non-hydrogen) atoms. The number of benzene rings is 1. The van der Waals surface area contributed by atoms with Crippen molar-refractivity contribution in [2.75, 3.05) is 18.9 Å². The maximum absolute atomic E-state index is 14.4. The van der Waals surface area contributed by atoms with E-state index in [4.69, 9.17) is 4.74 Å². The third-order valence-corrected chi connectivity index (χ3v) is 13.7. The highest BCUT2D eigenvalue weighted by Crippen LogP contribution is 2.52. The van der Waals surface area contributed by atoms with E-state index >= 15 is 0 Å². The Morgan fingerprint density at radius 3 is 2.41 bits per heavy atom. The summed E-state index contributed by atoms with van der Waals surface area (Å²) in [6, 6.07) is 1.98. The van der Waals surface area contributed by atoms with E-state index in [2.05, 4.69) is 27.6 Å². The molecule has 1 aromatic rings. The Labute approximate surface area is 298 Å². The van der Waals surface area contributed by atoms with Crippen molar-refractivity contribution in [3.05, 3.63) is 47.8 Å². The highest BCUT2D eigenvalue weighted by Gasteiger charge is 2.62. The van der Waals surface area contributed by atoms with E-state index < -0.39 is 78.0 Å². The first-order valence-corrected chi connectivity index (χ1v) is 20.1. The SMILES string of the molecule is C=CC1C[C@]1(NC(=O)[C@@H]1CC(OC(=O)N2Cc3cccc(F)c3C2)CN1C(=O)[C@@H](NC(=O)NC1CCCC1)C(C)(C)C)C(=O)NP1(=O)CCCC1. The minimum absolute atomic E-state index is 0.0126. The van der Waals surface area contributed by atoms with Gasteiger partial charge in [-0.15, -0.1) is 6.58 Å². The van der Waals surface area contributed by atoms with Crippen LogP contribution < -0.4 is 21.0 Å². The van der Waals surface area contributed by atoms with Gasteiger partial charge in [0.15, 0.2) is 7.29 Å². The standard InChI is InChI=1S/C36H50FN6O7P/c1-5-23-18-36(23,32(46)41-51(49)15-8-9-16-51)40-30(44)28-17-25(50-34(48)42-19-22-11-10-14-27(37)26(22)21-42)20-43(28)31(45)29(35(2,3)4)39-33(47)38-24-12-6-7-13-24/h5,10-11,14,23-25,28-29H,1,6-9,12-13,15-21H2,2-4H3,(H,40,44)(H2,38,39,47)(H,41,46,49)/t23?,25?,28-,29+,36+/m0/s1. The largest absolute Gasteiger partial charge is 0.444 e. The second-order valence-electron chi connectivity index (χ2n) is 15.9. The topological polar surface area (TPSA) is 166 Å². The molecule has 15 heteroatoms. The molecule has 0 radical (unpaired) electrons. The van der Waals surface area contributed by atoms with E-state index in [0.717, 1.165) is 38.5 Å². The van der Waals surface area contributed by atoms with Crippen LogP contribution in [0.2, 0.25) is 0 Å². The van der Waals surface area contributed by atoms with Gasteiger partial charge < -0.3 is 35.2 Å². The number of hydrogen-bond donors (Lipinski definition) is 4. The minimum Gasteiger partial charge on any atom is -0.444 e. The van der Waals surface area contributed by atoms with Crippen molar-refractivity contribution >= 4 is 37.1 Å². The molecule has 3 aliphatic heterocycles. The maximum atomic E-state index is 14.4. The van der Waals surface area contributed by atoms with E-state index in [1.165, 1.54) is 15.9 Å². The first-order valence-electron chi connectivity index (χ1n) is 18.1. The number of nitrogens with zero attached hydrogens (tertiary/aromatic N) is 2. The Kier molecular flexibility index (Phi) is 10.3. The summed E-state index contributed by atoms with van der Waals surface area (Å²) in [5.41, 5.74) is -1.07. The normalized spacial score (nSPS) is 27.3. The summed E-state index contributed by atoms with van der Waals surface area (Å²) >= 11 is 0. The average Bonchev–Trinajstić information content (AvgIpc) is 3.64. The number of ether oxygens (including phenoxy) is 1. The zero-order chi connectivity index (χ0) is 36.7. The maximum Gasteiger partial charge on any atom is 0.410 e. The highest BCUT2D eigenvalue weighted by atomic mass is 31.2. The lowest BCUT2D eigenvalue weighted by molar-refractivity contribution is -0.142. The number of halogens is 1. The summed E-state index contributed by atoms with van der Waals surface area (Å²) in [6.07, 6.45) is 6.19. The number of hydrogen-bond acceptors (Lipinski definition) is 7. The molecule has 4 fully saturated rings. The van der Waals surface area contributed by atoms with Crippen LogP contribution in [0.1, 0.15) is 83.3 Å². The quantitative estimate of drug-likeness (QED) is 0.219.